The number of hydrogen-bond acceptors (Lipinski definition) is 6. The molecule has 0 fully saturated rings. The van der Waals surface area contributed by atoms with Crippen molar-refractivity contribution in [2.24, 2.45) is 0 Å². The Labute approximate surface area is 160 Å². The molecule has 0 aliphatic carbocycles. The van der Waals surface area contributed by atoms with E-state index in [1.165, 1.54) is 37.1 Å². The highest BCUT2D eigenvalue weighted by Crippen LogP contribution is 2.35. The van der Waals surface area contributed by atoms with Crippen molar-refractivity contribution >= 4 is 34.4 Å². The molecule has 0 bridgehead atoms. The molecular weight excluding hydrogens is 393 g/mol. The number of nitrogens with zero attached hydrogens (tertiary/aromatic N) is 4. The number of alkyl halides is 3. The smallest absolute Gasteiger partial charge is 0.452 e. The van der Waals surface area contributed by atoms with Gasteiger partial charge in [-0.15, -0.1) is 10.2 Å². The average molecular weight is 404 g/mol. The molecule has 0 amide bonds. The fourth-order valence-electron chi connectivity index (χ4n) is 2.70. The van der Waals surface area contributed by atoms with E-state index in [0.717, 1.165) is 9.30 Å². The Morgan fingerprint density at radius 3 is 2.54 bits per heavy atom. The summed E-state index contributed by atoms with van der Waals surface area (Å²) in [5.41, 5.74) is 0.385. The Hall–Kier alpha value is -3.14. The minimum absolute atomic E-state index is 0.0457. The van der Waals surface area contributed by atoms with Crippen molar-refractivity contribution in [1.82, 2.24) is 19.6 Å². The van der Waals surface area contributed by atoms with Crippen LogP contribution in [0.25, 0.3) is 16.7 Å². The van der Waals surface area contributed by atoms with Crippen molar-refractivity contribution in [3.8, 4) is 0 Å². The largest absolute Gasteiger partial charge is 0.465 e. The molecule has 2 aromatic carbocycles. The van der Waals surface area contributed by atoms with E-state index in [4.69, 9.17) is 0 Å². The molecule has 2 aromatic heterocycles. The molecule has 6 nitrogen and oxygen atoms in total. The lowest BCUT2D eigenvalue weighted by Gasteiger charge is -2.10. The van der Waals surface area contributed by atoms with Gasteiger partial charge in [-0.25, -0.2) is 9.78 Å². The topological polar surface area (TPSA) is 69.4 Å². The molecule has 10 heteroatoms. The number of esters is 1. The molecule has 0 saturated carbocycles. The number of aromatic nitrogens is 4. The van der Waals surface area contributed by atoms with E-state index >= 15 is 0 Å². The lowest BCUT2D eigenvalue weighted by Crippen LogP contribution is -2.12. The molecule has 0 atom stereocenters. The van der Waals surface area contributed by atoms with E-state index in [1.54, 1.807) is 0 Å². The van der Waals surface area contributed by atoms with Crippen LogP contribution in [-0.2, 0) is 10.9 Å². The van der Waals surface area contributed by atoms with Crippen LogP contribution in [0.5, 0.6) is 0 Å². The summed E-state index contributed by atoms with van der Waals surface area (Å²) in [6.07, 6.45) is -4.73. The molecule has 4 aromatic rings. The first kappa shape index (κ1) is 18.2. The molecule has 2 heterocycles. The molecule has 0 N–H and O–H groups in total. The number of halogens is 3. The fourth-order valence-corrected chi connectivity index (χ4v) is 3.59. The molecule has 0 saturated heterocycles. The summed E-state index contributed by atoms with van der Waals surface area (Å²) in [4.78, 5) is 17.0. The summed E-state index contributed by atoms with van der Waals surface area (Å²) >= 11 is 1.18. The molecule has 0 aliphatic rings. The van der Waals surface area contributed by atoms with Crippen molar-refractivity contribution in [2.75, 3.05) is 7.11 Å². The van der Waals surface area contributed by atoms with Gasteiger partial charge in [0.1, 0.15) is 5.03 Å². The Balaban J connectivity index is 2.01. The summed E-state index contributed by atoms with van der Waals surface area (Å²) in [5, 5.41) is 7.32. The summed E-state index contributed by atoms with van der Waals surface area (Å²) in [6, 6.07) is 13.3. The van der Waals surface area contributed by atoms with Gasteiger partial charge in [0.15, 0.2) is 5.65 Å². The van der Waals surface area contributed by atoms with Crippen LogP contribution in [0.2, 0.25) is 0 Å². The van der Waals surface area contributed by atoms with Crippen LogP contribution in [-0.4, -0.2) is 32.7 Å². The van der Waals surface area contributed by atoms with Gasteiger partial charge in [0.05, 0.1) is 23.7 Å². The van der Waals surface area contributed by atoms with E-state index in [2.05, 4.69) is 19.9 Å². The van der Waals surface area contributed by atoms with Gasteiger partial charge in [0.2, 0.25) is 5.82 Å². The van der Waals surface area contributed by atoms with Gasteiger partial charge in [0, 0.05) is 4.90 Å². The first-order chi connectivity index (χ1) is 13.4. The van der Waals surface area contributed by atoms with Crippen LogP contribution >= 0.6 is 11.8 Å². The third-order valence-corrected chi connectivity index (χ3v) is 4.90. The van der Waals surface area contributed by atoms with E-state index < -0.39 is 18.0 Å². The van der Waals surface area contributed by atoms with Gasteiger partial charge in [-0.2, -0.15) is 13.2 Å². The number of rotatable bonds is 3. The highest BCUT2D eigenvalue weighted by molar-refractivity contribution is 7.99. The van der Waals surface area contributed by atoms with Crippen molar-refractivity contribution < 1.29 is 22.7 Å². The summed E-state index contributed by atoms with van der Waals surface area (Å²) in [6.45, 7) is 0. The second kappa shape index (κ2) is 6.79. The minimum Gasteiger partial charge on any atom is -0.465 e. The van der Waals surface area contributed by atoms with E-state index in [9.17, 15) is 18.0 Å². The van der Waals surface area contributed by atoms with Crippen LogP contribution in [0.4, 0.5) is 13.2 Å². The Morgan fingerprint density at radius 2 is 1.86 bits per heavy atom. The van der Waals surface area contributed by atoms with Gasteiger partial charge in [0.25, 0.3) is 0 Å². The number of carbonyl (C=O) groups excluding carboxylic acids is 1. The molecule has 0 aliphatic heterocycles. The molecular formula is C18H11F3N4O2S. The zero-order chi connectivity index (χ0) is 19.9. The number of ether oxygens (including phenoxy) is 1. The van der Waals surface area contributed by atoms with Crippen LogP contribution in [0.15, 0.2) is 58.5 Å². The maximum absolute atomic E-state index is 13.5. The highest BCUT2D eigenvalue weighted by atomic mass is 32.2. The van der Waals surface area contributed by atoms with Crippen LogP contribution in [0, 0.1) is 0 Å². The third-order valence-electron chi connectivity index (χ3n) is 3.93. The highest BCUT2D eigenvalue weighted by Gasteiger charge is 2.38. The molecule has 28 heavy (non-hydrogen) atoms. The maximum atomic E-state index is 13.5. The first-order valence-electron chi connectivity index (χ1n) is 7.96. The van der Waals surface area contributed by atoms with Crippen molar-refractivity contribution in [3.63, 3.8) is 0 Å². The SMILES string of the molecule is COC(=O)c1ccc2nc(Sc3ccccc3)c3nnc(C(F)(F)F)n3c2c1. The normalized spacial score (nSPS) is 11.9. The molecule has 4 rings (SSSR count). The average Bonchev–Trinajstić information content (AvgIpc) is 3.14. The first-order valence-corrected chi connectivity index (χ1v) is 8.77. The number of methoxy groups -OCH3 is 1. The van der Waals surface area contributed by atoms with Gasteiger partial charge >= 0.3 is 12.1 Å². The monoisotopic (exact) mass is 404 g/mol. The number of carbonyl (C=O) groups is 1. The molecule has 0 unspecified atom stereocenters. The Kier molecular flexibility index (Phi) is 4.42. The van der Waals surface area contributed by atoms with Crippen LogP contribution in [0.1, 0.15) is 16.2 Å². The van der Waals surface area contributed by atoms with Gasteiger partial charge in [-0.05, 0) is 30.3 Å². The molecule has 0 spiro atoms. The van der Waals surface area contributed by atoms with Crippen molar-refractivity contribution in [3.05, 3.63) is 59.9 Å². The van der Waals surface area contributed by atoms with E-state index in [0.29, 0.717) is 0 Å². The third kappa shape index (κ3) is 3.15. The Morgan fingerprint density at radius 1 is 1.11 bits per heavy atom. The van der Waals surface area contributed by atoms with Gasteiger partial charge in [-0.1, -0.05) is 30.0 Å². The number of benzene rings is 2. The van der Waals surface area contributed by atoms with Crippen molar-refractivity contribution in [2.45, 2.75) is 16.1 Å². The second-order valence-corrected chi connectivity index (χ2v) is 6.77. The number of fused-ring (bicyclic) bond motifs is 3. The molecule has 142 valence electrons. The van der Waals surface area contributed by atoms with E-state index in [1.807, 2.05) is 30.3 Å². The number of hydrogen-bond donors (Lipinski definition) is 0. The van der Waals surface area contributed by atoms with Crippen LogP contribution < -0.4 is 0 Å². The molecule has 0 radical (unpaired) electrons. The van der Waals surface area contributed by atoms with Gasteiger partial charge in [-0.3, -0.25) is 4.40 Å². The maximum Gasteiger partial charge on any atom is 0.452 e. The predicted molar refractivity (Wildman–Crippen MR) is 95.2 cm³/mol. The quantitative estimate of drug-likeness (QED) is 0.476. The predicted octanol–water partition coefficient (Wildman–Crippen LogP) is 4.23. The standard InChI is InChI=1S/C18H11F3N4O2S/c1-27-16(26)10-7-8-12-13(9-10)25-14(23-24-17(25)18(19,20)21)15(22-12)28-11-5-3-2-4-6-11/h2-9H,1H3. The zero-order valence-electron chi connectivity index (χ0n) is 14.3. The summed E-state index contributed by atoms with van der Waals surface area (Å²) in [5.74, 6) is -1.86. The van der Waals surface area contributed by atoms with E-state index in [-0.39, 0.29) is 27.3 Å². The van der Waals surface area contributed by atoms with Gasteiger partial charge < -0.3 is 4.74 Å². The second-order valence-electron chi connectivity index (χ2n) is 5.71. The lowest BCUT2D eigenvalue weighted by molar-refractivity contribution is -0.145. The summed E-state index contributed by atoms with van der Waals surface area (Å²) in [7, 11) is 1.19. The summed E-state index contributed by atoms with van der Waals surface area (Å²) < 4.78 is 46.1. The minimum atomic E-state index is -4.73. The fraction of sp³-hybridized carbons (Fsp3) is 0.111. The lowest BCUT2D eigenvalue weighted by atomic mass is 10.2. The van der Waals surface area contributed by atoms with Crippen molar-refractivity contribution in [1.29, 1.82) is 0 Å². The van der Waals surface area contributed by atoms with Crippen LogP contribution in [0.3, 0.4) is 0 Å². The Bertz CT molecular complexity index is 1190. The zero-order valence-corrected chi connectivity index (χ0v) is 15.1.